The number of ether oxygens (including phenoxy) is 1. The van der Waals surface area contributed by atoms with Gasteiger partial charge < -0.3 is 4.74 Å². The Morgan fingerprint density at radius 1 is 1.24 bits per heavy atom. The molecular weight excluding hydrogens is 331 g/mol. The number of esters is 1. The van der Waals surface area contributed by atoms with Gasteiger partial charge in [0, 0.05) is 21.5 Å². The smallest absolute Gasteiger partial charge is 0.331 e. The number of hydrogen-bond acceptors (Lipinski definition) is 4. The number of thiophene rings is 1. The lowest BCUT2D eigenvalue weighted by Gasteiger charge is -2.04. The van der Waals surface area contributed by atoms with Gasteiger partial charge in [-0.2, -0.15) is 0 Å². The van der Waals surface area contributed by atoms with Gasteiger partial charge in [0.05, 0.1) is 5.02 Å². The summed E-state index contributed by atoms with van der Waals surface area (Å²) in [5.41, 5.74) is 0.274. The number of hydrogen-bond donors (Lipinski definition) is 0. The van der Waals surface area contributed by atoms with Gasteiger partial charge in [-0.25, -0.2) is 4.79 Å². The van der Waals surface area contributed by atoms with E-state index in [1.54, 1.807) is 12.1 Å². The molecule has 2 rings (SSSR count). The lowest BCUT2D eigenvalue weighted by atomic mass is 10.1. The van der Waals surface area contributed by atoms with Crippen LogP contribution in [0.1, 0.15) is 15.2 Å². The zero-order chi connectivity index (χ0) is 15.2. The fourth-order valence-corrected chi connectivity index (χ4v) is 2.65. The maximum Gasteiger partial charge on any atom is 0.331 e. The van der Waals surface area contributed by atoms with Crippen molar-refractivity contribution >= 4 is 52.4 Å². The minimum Gasteiger partial charge on any atom is -0.454 e. The van der Waals surface area contributed by atoms with E-state index in [2.05, 4.69) is 0 Å². The Kier molecular flexibility index (Phi) is 5.56. The molecule has 6 heteroatoms. The molecule has 0 N–H and O–H groups in total. The Balaban J connectivity index is 1.90. The molecule has 0 saturated heterocycles. The van der Waals surface area contributed by atoms with Crippen LogP contribution in [0.25, 0.3) is 6.08 Å². The highest BCUT2D eigenvalue weighted by Crippen LogP contribution is 2.21. The van der Waals surface area contributed by atoms with Crippen molar-refractivity contribution in [1.29, 1.82) is 0 Å². The van der Waals surface area contributed by atoms with E-state index in [-0.39, 0.29) is 23.0 Å². The highest BCUT2D eigenvalue weighted by atomic mass is 35.5. The van der Waals surface area contributed by atoms with Gasteiger partial charge in [0.2, 0.25) is 5.78 Å². The highest BCUT2D eigenvalue weighted by molar-refractivity contribution is 7.10. The first kappa shape index (κ1) is 15.8. The second kappa shape index (κ2) is 7.41. The van der Waals surface area contributed by atoms with Crippen molar-refractivity contribution in [2.75, 3.05) is 6.61 Å². The fraction of sp³-hybridized carbons (Fsp3) is 0.0667. The zero-order valence-corrected chi connectivity index (χ0v) is 13.0. The van der Waals surface area contributed by atoms with Gasteiger partial charge in [0.1, 0.15) is 0 Å². The highest BCUT2D eigenvalue weighted by Gasteiger charge is 2.12. The van der Waals surface area contributed by atoms with Crippen molar-refractivity contribution in [3.05, 3.63) is 62.3 Å². The van der Waals surface area contributed by atoms with Crippen LogP contribution in [-0.2, 0) is 9.53 Å². The lowest BCUT2D eigenvalue weighted by Crippen LogP contribution is -2.12. The number of benzene rings is 1. The minimum atomic E-state index is -0.582. The molecule has 0 atom stereocenters. The van der Waals surface area contributed by atoms with Gasteiger partial charge in [-0.1, -0.05) is 29.3 Å². The van der Waals surface area contributed by atoms with Crippen molar-refractivity contribution in [1.82, 2.24) is 0 Å². The Morgan fingerprint density at radius 3 is 2.71 bits per heavy atom. The van der Waals surface area contributed by atoms with Gasteiger partial charge in [0.15, 0.2) is 6.61 Å². The topological polar surface area (TPSA) is 43.4 Å². The van der Waals surface area contributed by atoms with Crippen molar-refractivity contribution in [2.24, 2.45) is 0 Å². The number of carbonyl (C=O) groups is 2. The van der Waals surface area contributed by atoms with Crippen LogP contribution < -0.4 is 0 Å². The van der Waals surface area contributed by atoms with Crippen LogP contribution in [0, 0.1) is 0 Å². The lowest BCUT2D eigenvalue weighted by molar-refractivity contribution is -0.136. The molecule has 0 spiro atoms. The number of halogens is 2. The van der Waals surface area contributed by atoms with Crippen LogP contribution in [0.4, 0.5) is 0 Å². The molecule has 1 aromatic heterocycles. The normalized spacial score (nSPS) is 10.8. The standard InChI is InChI=1S/C15H10Cl2O3S/c16-10-3-5-12(13(17)8-10)14(18)9-20-15(19)6-4-11-2-1-7-21-11/h1-8H,9H2/b6-4+. The number of Topliss-reactive ketones (excluding diaryl/α,β-unsaturated/α-hetero) is 1. The fourth-order valence-electron chi connectivity index (χ4n) is 1.51. The average molecular weight is 341 g/mol. The summed E-state index contributed by atoms with van der Waals surface area (Å²) in [6.45, 7) is -0.366. The van der Waals surface area contributed by atoms with Crippen molar-refractivity contribution in [3.63, 3.8) is 0 Å². The Bertz CT molecular complexity index is 678. The second-order valence-corrected chi connectivity index (χ2v) is 5.83. The van der Waals surface area contributed by atoms with E-state index in [1.165, 1.54) is 29.5 Å². The molecule has 21 heavy (non-hydrogen) atoms. The summed E-state index contributed by atoms with van der Waals surface area (Å²) >= 11 is 13.2. The molecular formula is C15H10Cl2O3S. The van der Waals surface area contributed by atoms with Crippen molar-refractivity contribution < 1.29 is 14.3 Å². The molecule has 108 valence electrons. The molecule has 0 bridgehead atoms. The second-order valence-electron chi connectivity index (χ2n) is 4.00. The third-order valence-corrected chi connectivity index (χ3v) is 3.89. The van der Waals surface area contributed by atoms with Crippen molar-refractivity contribution in [3.8, 4) is 0 Å². The summed E-state index contributed by atoms with van der Waals surface area (Å²) in [4.78, 5) is 24.3. The summed E-state index contributed by atoms with van der Waals surface area (Å²) in [7, 11) is 0. The first-order chi connectivity index (χ1) is 10.1. The van der Waals surface area contributed by atoms with E-state index in [1.807, 2.05) is 17.5 Å². The molecule has 3 nitrogen and oxygen atoms in total. The Labute approximate surface area is 135 Å². The number of carbonyl (C=O) groups excluding carboxylic acids is 2. The van der Waals surface area contributed by atoms with Crippen LogP contribution in [-0.4, -0.2) is 18.4 Å². The first-order valence-electron chi connectivity index (χ1n) is 5.93. The van der Waals surface area contributed by atoms with Crippen LogP contribution in [0.15, 0.2) is 41.8 Å². The van der Waals surface area contributed by atoms with Gasteiger partial charge in [-0.05, 0) is 35.7 Å². The molecule has 0 aliphatic heterocycles. The van der Waals surface area contributed by atoms with Crippen LogP contribution in [0.3, 0.4) is 0 Å². The van der Waals surface area contributed by atoms with E-state index >= 15 is 0 Å². The Morgan fingerprint density at radius 2 is 2.05 bits per heavy atom. The van der Waals surface area contributed by atoms with Gasteiger partial charge in [-0.15, -0.1) is 11.3 Å². The molecule has 0 radical (unpaired) electrons. The summed E-state index contributed by atoms with van der Waals surface area (Å²) in [5.74, 6) is -0.962. The summed E-state index contributed by atoms with van der Waals surface area (Å²) in [6.07, 6.45) is 2.91. The maximum atomic E-state index is 11.9. The minimum absolute atomic E-state index is 0.234. The third-order valence-electron chi connectivity index (χ3n) is 2.50. The largest absolute Gasteiger partial charge is 0.454 e. The van der Waals surface area contributed by atoms with Gasteiger partial charge >= 0.3 is 5.97 Å². The third kappa shape index (κ3) is 4.70. The van der Waals surface area contributed by atoms with E-state index < -0.39 is 5.97 Å². The van der Waals surface area contributed by atoms with E-state index in [0.29, 0.717) is 5.02 Å². The number of rotatable bonds is 5. The first-order valence-corrected chi connectivity index (χ1v) is 7.56. The zero-order valence-electron chi connectivity index (χ0n) is 10.7. The Hall–Kier alpha value is -1.62. The molecule has 1 aromatic carbocycles. The van der Waals surface area contributed by atoms with Crippen LogP contribution in [0.2, 0.25) is 10.0 Å². The van der Waals surface area contributed by atoms with Gasteiger partial charge in [-0.3, -0.25) is 4.79 Å². The molecule has 0 amide bonds. The summed E-state index contributed by atoms with van der Waals surface area (Å²) in [6, 6.07) is 8.27. The quantitative estimate of drug-likeness (QED) is 0.457. The maximum absolute atomic E-state index is 11.9. The SMILES string of the molecule is O=C(/C=C/c1cccs1)OCC(=O)c1ccc(Cl)cc1Cl. The van der Waals surface area contributed by atoms with Crippen molar-refractivity contribution in [2.45, 2.75) is 0 Å². The molecule has 0 aliphatic carbocycles. The monoisotopic (exact) mass is 340 g/mol. The summed E-state index contributed by atoms with van der Waals surface area (Å²) in [5, 5.41) is 2.57. The van der Waals surface area contributed by atoms with E-state index in [0.717, 1.165) is 4.88 Å². The molecule has 1 heterocycles. The van der Waals surface area contributed by atoms with E-state index in [9.17, 15) is 9.59 Å². The van der Waals surface area contributed by atoms with Crippen LogP contribution in [0.5, 0.6) is 0 Å². The number of ketones is 1. The van der Waals surface area contributed by atoms with Crippen LogP contribution >= 0.6 is 34.5 Å². The van der Waals surface area contributed by atoms with Gasteiger partial charge in [0.25, 0.3) is 0 Å². The predicted octanol–water partition coefficient (Wildman–Crippen LogP) is 4.49. The molecule has 0 saturated carbocycles. The molecule has 0 aliphatic rings. The van der Waals surface area contributed by atoms with E-state index in [4.69, 9.17) is 27.9 Å². The average Bonchev–Trinajstić information content (AvgIpc) is 2.95. The molecule has 0 unspecified atom stereocenters. The predicted molar refractivity (Wildman–Crippen MR) is 85.1 cm³/mol. The molecule has 0 fully saturated rings. The molecule has 2 aromatic rings. The summed E-state index contributed by atoms with van der Waals surface area (Å²) < 4.78 is 4.88.